The standard InChI is InChI=1S/C13H18N6/c1-19(8-7-10-5-3-2-4-6-10)12-9-11(18-15)16-13(14)17-12/h2-6,9H,7-8,15H2,1H3,(H3,14,16,17,18). The number of likely N-dealkylation sites (N-methyl/N-ethyl adjacent to an activating group) is 1. The average molecular weight is 258 g/mol. The molecule has 2 rings (SSSR count). The number of nitrogen functional groups attached to an aromatic ring is 2. The summed E-state index contributed by atoms with van der Waals surface area (Å²) in [5.41, 5.74) is 9.40. The zero-order valence-electron chi connectivity index (χ0n) is 10.9. The third kappa shape index (κ3) is 3.56. The molecule has 0 fully saturated rings. The van der Waals surface area contributed by atoms with Crippen LogP contribution in [0.3, 0.4) is 0 Å². The topological polar surface area (TPSA) is 93.1 Å². The molecule has 0 radical (unpaired) electrons. The van der Waals surface area contributed by atoms with Crippen LogP contribution in [0.1, 0.15) is 5.56 Å². The number of anilines is 3. The zero-order chi connectivity index (χ0) is 13.7. The molecule has 0 aliphatic rings. The molecule has 6 nitrogen and oxygen atoms in total. The van der Waals surface area contributed by atoms with E-state index in [1.165, 1.54) is 5.56 Å². The van der Waals surface area contributed by atoms with E-state index in [0.717, 1.165) is 18.8 Å². The SMILES string of the molecule is CN(CCc1ccccc1)c1cc(NN)nc(N)n1. The monoisotopic (exact) mass is 258 g/mol. The Morgan fingerprint density at radius 2 is 1.95 bits per heavy atom. The number of hydrazine groups is 1. The van der Waals surface area contributed by atoms with Crippen LogP contribution in [0.5, 0.6) is 0 Å². The first-order chi connectivity index (χ1) is 9.19. The average Bonchev–Trinajstić information content (AvgIpc) is 2.45. The van der Waals surface area contributed by atoms with Crippen molar-refractivity contribution in [3.63, 3.8) is 0 Å². The Bertz CT molecular complexity index is 528. The Morgan fingerprint density at radius 3 is 2.63 bits per heavy atom. The molecule has 1 heterocycles. The van der Waals surface area contributed by atoms with Crippen LogP contribution in [0, 0.1) is 0 Å². The van der Waals surface area contributed by atoms with E-state index >= 15 is 0 Å². The highest BCUT2D eigenvalue weighted by Crippen LogP contribution is 2.15. The van der Waals surface area contributed by atoms with E-state index in [0.29, 0.717) is 5.82 Å². The molecule has 100 valence electrons. The molecule has 0 amide bonds. The number of aromatic nitrogens is 2. The number of hydrogen-bond acceptors (Lipinski definition) is 6. The second-order valence-electron chi connectivity index (χ2n) is 4.27. The van der Waals surface area contributed by atoms with Crippen molar-refractivity contribution in [3.05, 3.63) is 42.0 Å². The Morgan fingerprint density at radius 1 is 1.21 bits per heavy atom. The second kappa shape index (κ2) is 6.01. The lowest BCUT2D eigenvalue weighted by molar-refractivity contribution is 0.857. The van der Waals surface area contributed by atoms with Crippen molar-refractivity contribution in [2.75, 3.05) is 29.7 Å². The van der Waals surface area contributed by atoms with Gasteiger partial charge in [0.1, 0.15) is 11.6 Å². The van der Waals surface area contributed by atoms with Gasteiger partial charge in [-0.05, 0) is 12.0 Å². The summed E-state index contributed by atoms with van der Waals surface area (Å²) < 4.78 is 0. The van der Waals surface area contributed by atoms with E-state index in [-0.39, 0.29) is 5.95 Å². The van der Waals surface area contributed by atoms with Crippen LogP contribution in [0.2, 0.25) is 0 Å². The summed E-state index contributed by atoms with van der Waals surface area (Å²) in [5, 5.41) is 0. The molecule has 0 saturated heterocycles. The quantitative estimate of drug-likeness (QED) is 0.548. The smallest absolute Gasteiger partial charge is 0.223 e. The molecule has 0 aliphatic heterocycles. The summed E-state index contributed by atoms with van der Waals surface area (Å²) in [4.78, 5) is 10.2. The molecule has 0 spiro atoms. The van der Waals surface area contributed by atoms with Crippen LogP contribution in [-0.4, -0.2) is 23.6 Å². The van der Waals surface area contributed by atoms with E-state index in [1.54, 1.807) is 6.07 Å². The predicted octanol–water partition coefficient (Wildman–Crippen LogP) is 1.02. The number of nitrogens with zero attached hydrogens (tertiary/aromatic N) is 3. The van der Waals surface area contributed by atoms with Crippen molar-refractivity contribution in [2.24, 2.45) is 5.84 Å². The molecule has 19 heavy (non-hydrogen) atoms. The van der Waals surface area contributed by atoms with Crippen molar-refractivity contribution >= 4 is 17.6 Å². The fourth-order valence-electron chi connectivity index (χ4n) is 1.78. The maximum atomic E-state index is 5.64. The Labute approximate surface area is 112 Å². The predicted molar refractivity (Wildman–Crippen MR) is 77.7 cm³/mol. The second-order valence-corrected chi connectivity index (χ2v) is 4.27. The molecule has 0 saturated carbocycles. The van der Waals surface area contributed by atoms with Crippen molar-refractivity contribution in [1.82, 2.24) is 9.97 Å². The number of benzene rings is 1. The summed E-state index contributed by atoms with van der Waals surface area (Å²) in [5.74, 6) is 6.80. The summed E-state index contributed by atoms with van der Waals surface area (Å²) in [7, 11) is 1.96. The Balaban J connectivity index is 2.03. The fraction of sp³-hybridized carbons (Fsp3) is 0.231. The third-order valence-corrected chi connectivity index (χ3v) is 2.85. The van der Waals surface area contributed by atoms with Gasteiger partial charge >= 0.3 is 0 Å². The van der Waals surface area contributed by atoms with Crippen molar-refractivity contribution in [1.29, 1.82) is 0 Å². The van der Waals surface area contributed by atoms with Crippen LogP contribution in [-0.2, 0) is 6.42 Å². The van der Waals surface area contributed by atoms with Crippen molar-refractivity contribution in [3.8, 4) is 0 Å². The van der Waals surface area contributed by atoms with Gasteiger partial charge in [0.25, 0.3) is 0 Å². The molecule has 0 bridgehead atoms. The van der Waals surface area contributed by atoms with Gasteiger partial charge in [-0.25, -0.2) is 5.84 Å². The maximum Gasteiger partial charge on any atom is 0.223 e. The first-order valence-corrected chi connectivity index (χ1v) is 6.05. The summed E-state index contributed by atoms with van der Waals surface area (Å²) in [6, 6.07) is 12.1. The lowest BCUT2D eigenvalue weighted by Crippen LogP contribution is -2.22. The fourth-order valence-corrected chi connectivity index (χ4v) is 1.78. The lowest BCUT2D eigenvalue weighted by atomic mass is 10.1. The van der Waals surface area contributed by atoms with Gasteiger partial charge in [0.15, 0.2) is 0 Å². The van der Waals surface area contributed by atoms with Crippen LogP contribution in [0.4, 0.5) is 17.6 Å². The zero-order valence-corrected chi connectivity index (χ0v) is 10.9. The Hall–Kier alpha value is -2.34. The highest BCUT2D eigenvalue weighted by Gasteiger charge is 2.06. The minimum Gasteiger partial charge on any atom is -0.368 e. The Kier molecular flexibility index (Phi) is 4.15. The van der Waals surface area contributed by atoms with Crippen LogP contribution < -0.4 is 21.9 Å². The van der Waals surface area contributed by atoms with E-state index < -0.39 is 0 Å². The maximum absolute atomic E-state index is 5.64. The van der Waals surface area contributed by atoms with Gasteiger partial charge < -0.3 is 16.1 Å². The number of nitrogens with one attached hydrogen (secondary N) is 1. The molecule has 0 atom stereocenters. The van der Waals surface area contributed by atoms with Gasteiger partial charge in [0.2, 0.25) is 5.95 Å². The summed E-state index contributed by atoms with van der Waals surface area (Å²) in [6.45, 7) is 0.838. The minimum absolute atomic E-state index is 0.206. The van der Waals surface area contributed by atoms with Gasteiger partial charge in [-0.3, -0.25) is 0 Å². The number of hydrogen-bond donors (Lipinski definition) is 3. The molecule has 0 unspecified atom stereocenters. The van der Waals surface area contributed by atoms with Gasteiger partial charge in [0.05, 0.1) is 0 Å². The third-order valence-electron chi connectivity index (χ3n) is 2.85. The van der Waals surface area contributed by atoms with Crippen LogP contribution in [0.15, 0.2) is 36.4 Å². The van der Waals surface area contributed by atoms with Crippen molar-refractivity contribution in [2.45, 2.75) is 6.42 Å². The number of nitrogens with two attached hydrogens (primary N) is 2. The molecular weight excluding hydrogens is 240 g/mol. The summed E-state index contributed by atoms with van der Waals surface area (Å²) in [6.07, 6.45) is 0.937. The minimum atomic E-state index is 0.206. The van der Waals surface area contributed by atoms with Gasteiger partial charge in [0, 0.05) is 19.7 Å². The molecule has 0 aliphatic carbocycles. The van der Waals surface area contributed by atoms with E-state index in [1.807, 2.05) is 30.1 Å². The first kappa shape index (κ1) is 13.1. The highest BCUT2D eigenvalue weighted by molar-refractivity contribution is 5.51. The first-order valence-electron chi connectivity index (χ1n) is 6.05. The normalized spacial score (nSPS) is 10.2. The van der Waals surface area contributed by atoms with Gasteiger partial charge in [-0.15, -0.1) is 0 Å². The number of rotatable bonds is 5. The van der Waals surface area contributed by atoms with Crippen LogP contribution >= 0.6 is 0 Å². The molecule has 5 N–H and O–H groups in total. The summed E-state index contributed by atoms with van der Waals surface area (Å²) >= 11 is 0. The molecular formula is C13H18N6. The molecule has 1 aromatic carbocycles. The molecule has 2 aromatic rings. The highest BCUT2D eigenvalue weighted by atomic mass is 15.3. The van der Waals surface area contributed by atoms with Crippen molar-refractivity contribution < 1.29 is 0 Å². The molecule has 1 aromatic heterocycles. The van der Waals surface area contributed by atoms with E-state index in [4.69, 9.17) is 11.6 Å². The van der Waals surface area contributed by atoms with Gasteiger partial charge in [-0.1, -0.05) is 30.3 Å². The largest absolute Gasteiger partial charge is 0.368 e. The van der Waals surface area contributed by atoms with Gasteiger partial charge in [-0.2, -0.15) is 9.97 Å². The van der Waals surface area contributed by atoms with E-state index in [2.05, 4.69) is 27.5 Å². The lowest BCUT2D eigenvalue weighted by Gasteiger charge is -2.18. The van der Waals surface area contributed by atoms with Crippen LogP contribution in [0.25, 0.3) is 0 Å². The van der Waals surface area contributed by atoms with E-state index in [9.17, 15) is 0 Å². The molecule has 6 heteroatoms.